The molecule has 2 aliphatic heterocycles. The molecule has 0 spiro atoms. The maximum Gasteiger partial charge on any atom is 0.268 e. The molecule has 28 heavy (non-hydrogen) atoms. The van der Waals surface area contributed by atoms with Crippen molar-refractivity contribution >= 4 is 38.9 Å². The molecular weight excluding hydrogens is 396 g/mol. The molecule has 1 N–H and O–H groups in total. The van der Waals surface area contributed by atoms with E-state index in [1.165, 1.54) is 0 Å². The lowest BCUT2D eigenvalue weighted by Gasteiger charge is -2.27. The number of sulfone groups is 1. The predicted octanol–water partition coefficient (Wildman–Crippen LogP) is 2.84. The number of hydrogen-bond acceptors (Lipinski definition) is 6. The number of ether oxygens (including phenoxy) is 1. The van der Waals surface area contributed by atoms with Crippen LogP contribution in [0.2, 0.25) is 0 Å². The van der Waals surface area contributed by atoms with Crippen LogP contribution in [0.3, 0.4) is 0 Å². The van der Waals surface area contributed by atoms with E-state index in [1.807, 2.05) is 30.5 Å². The van der Waals surface area contributed by atoms with Gasteiger partial charge in [0.05, 0.1) is 23.8 Å². The second-order valence-electron chi connectivity index (χ2n) is 6.47. The number of hydrogen-bond donors (Lipinski definition) is 1. The van der Waals surface area contributed by atoms with Gasteiger partial charge < -0.3 is 15.0 Å². The van der Waals surface area contributed by atoms with E-state index in [1.54, 1.807) is 40.9 Å². The minimum atomic E-state index is -3.90. The third-order valence-electron chi connectivity index (χ3n) is 4.77. The van der Waals surface area contributed by atoms with Crippen molar-refractivity contribution in [3.05, 3.63) is 59.0 Å². The van der Waals surface area contributed by atoms with Gasteiger partial charge in [-0.3, -0.25) is 4.79 Å². The van der Waals surface area contributed by atoms with Gasteiger partial charge in [0.25, 0.3) is 5.91 Å². The topological polar surface area (TPSA) is 75.7 Å². The van der Waals surface area contributed by atoms with E-state index in [0.717, 1.165) is 10.6 Å². The highest BCUT2D eigenvalue weighted by atomic mass is 32.2. The van der Waals surface area contributed by atoms with Crippen molar-refractivity contribution < 1.29 is 17.9 Å². The number of carbonyl (C=O) groups excluding carboxylic acids is 1. The molecule has 2 aliphatic rings. The Labute approximate surface area is 168 Å². The summed E-state index contributed by atoms with van der Waals surface area (Å²) in [6, 6.07) is 14.4. The zero-order valence-corrected chi connectivity index (χ0v) is 17.0. The van der Waals surface area contributed by atoms with Gasteiger partial charge in [0.15, 0.2) is 4.91 Å². The number of thioether (sulfide) groups is 1. The van der Waals surface area contributed by atoms with Gasteiger partial charge in [0.2, 0.25) is 9.84 Å². The maximum atomic E-state index is 13.2. The quantitative estimate of drug-likeness (QED) is 0.773. The zero-order chi connectivity index (χ0) is 19.7. The lowest BCUT2D eigenvalue weighted by molar-refractivity contribution is -0.130. The minimum Gasteiger partial charge on any atom is -0.378 e. The molecule has 2 heterocycles. The number of nitrogens with zero attached hydrogens (tertiary/aromatic N) is 1. The fraction of sp³-hybridized carbons (Fsp3) is 0.250. The van der Waals surface area contributed by atoms with Gasteiger partial charge in [-0.1, -0.05) is 24.3 Å². The summed E-state index contributed by atoms with van der Waals surface area (Å²) in [6.07, 6.45) is 1.97. The van der Waals surface area contributed by atoms with Gasteiger partial charge in [0, 0.05) is 29.2 Å². The molecule has 1 fully saturated rings. The minimum absolute atomic E-state index is 0.162. The number of benzene rings is 2. The van der Waals surface area contributed by atoms with Crippen LogP contribution in [0, 0.1) is 0 Å². The Morgan fingerprint density at radius 3 is 2.61 bits per heavy atom. The normalized spacial score (nSPS) is 18.1. The van der Waals surface area contributed by atoms with Crippen LogP contribution in [0.25, 0.3) is 5.70 Å². The van der Waals surface area contributed by atoms with Crippen LogP contribution in [-0.4, -0.2) is 51.8 Å². The molecule has 0 aromatic heterocycles. The van der Waals surface area contributed by atoms with Crippen molar-refractivity contribution in [2.24, 2.45) is 0 Å². The third-order valence-corrected chi connectivity index (χ3v) is 7.35. The molecule has 146 valence electrons. The molecule has 4 rings (SSSR count). The van der Waals surface area contributed by atoms with Crippen molar-refractivity contribution in [3.8, 4) is 0 Å². The second kappa shape index (κ2) is 7.62. The lowest BCUT2D eigenvalue weighted by atomic mass is 10.1. The summed E-state index contributed by atoms with van der Waals surface area (Å²) in [5.74, 6) is -0.483. The molecule has 1 amide bonds. The summed E-state index contributed by atoms with van der Waals surface area (Å²) in [4.78, 5) is 15.8. The van der Waals surface area contributed by atoms with Gasteiger partial charge in [-0.2, -0.15) is 0 Å². The van der Waals surface area contributed by atoms with E-state index < -0.39 is 15.7 Å². The summed E-state index contributed by atoms with van der Waals surface area (Å²) in [7, 11) is -3.90. The first-order valence-electron chi connectivity index (χ1n) is 8.89. The Balaban J connectivity index is 1.83. The van der Waals surface area contributed by atoms with Crippen molar-refractivity contribution in [3.63, 3.8) is 0 Å². The van der Waals surface area contributed by atoms with Crippen LogP contribution in [0.1, 0.15) is 5.56 Å². The highest BCUT2D eigenvalue weighted by molar-refractivity contribution is 7.98. The Hall–Kier alpha value is -2.29. The van der Waals surface area contributed by atoms with Gasteiger partial charge >= 0.3 is 0 Å². The van der Waals surface area contributed by atoms with Crippen molar-refractivity contribution in [1.82, 2.24) is 4.90 Å². The molecule has 0 atom stereocenters. The fourth-order valence-electron chi connectivity index (χ4n) is 3.38. The average Bonchev–Trinajstić information content (AvgIpc) is 2.95. The van der Waals surface area contributed by atoms with E-state index in [4.69, 9.17) is 4.74 Å². The van der Waals surface area contributed by atoms with Crippen molar-refractivity contribution in [1.29, 1.82) is 0 Å². The SMILES string of the molecule is CSc1cccc(NC2=C(C(=O)N3CCOCC3)S(=O)(=O)c3ccccc32)c1. The predicted molar refractivity (Wildman–Crippen MR) is 110 cm³/mol. The molecule has 1 saturated heterocycles. The fourth-order valence-corrected chi connectivity index (χ4v) is 5.56. The standard InChI is InChI=1S/C20H20N2O4S2/c1-27-15-6-4-5-14(13-15)21-18-16-7-2-3-8-17(16)28(24,25)19(18)20(23)22-9-11-26-12-10-22/h2-8,13,21H,9-12H2,1H3. The van der Waals surface area contributed by atoms with E-state index >= 15 is 0 Å². The third kappa shape index (κ3) is 3.32. The Morgan fingerprint density at radius 2 is 1.86 bits per heavy atom. The van der Waals surface area contributed by atoms with Crippen LogP contribution in [0.15, 0.2) is 63.2 Å². The van der Waals surface area contributed by atoms with E-state index in [-0.39, 0.29) is 9.80 Å². The van der Waals surface area contributed by atoms with Crippen LogP contribution >= 0.6 is 11.8 Å². The van der Waals surface area contributed by atoms with E-state index in [9.17, 15) is 13.2 Å². The number of rotatable bonds is 4. The molecule has 6 nitrogen and oxygen atoms in total. The van der Waals surface area contributed by atoms with Gasteiger partial charge in [-0.05, 0) is 30.5 Å². The first-order valence-corrected chi connectivity index (χ1v) is 11.6. The number of morpholine rings is 1. The summed E-state index contributed by atoms with van der Waals surface area (Å²) < 4.78 is 31.7. The molecular formula is C20H20N2O4S2. The van der Waals surface area contributed by atoms with Crippen LogP contribution in [0.5, 0.6) is 0 Å². The number of fused-ring (bicyclic) bond motifs is 1. The van der Waals surface area contributed by atoms with E-state index in [0.29, 0.717) is 37.6 Å². The molecule has 0 aliphatic carbocycles. The first-order chi connectivity index (χ1) is 13.5. The summed E-state index contributed by atoms with van der Waals surface area (Å²) in [6.45, 7) is 1.57. The molecule has 0 bridgehead atoms. The molecule has 2 aromatic rings. The van der Waals surface area contributed by atoms with Crippen molar-refractivity contribution in [2.45, 2.75) is 9.79 Å². The highest BCUT2D eigenvalue weighted by Gasteiger charge is 2.41. The largest absolute Gasteiger partial charge is 0.378 e. The monoisotopic (exact) mass is 416 g/mol. The van der Waals surface area contributed by atoms with Gasteiger partial charge in [-0.25, -0.2) is 8.42 Å². The first kappa shape index (κ1) is 19.0. The smallest absolute Gasteiger partial charge is 0.268 e. The van der Waals surface area contributed by atoms with Gasteiger partial charge in [0.1, 0.15) is 0 Å². The number of amides is 1. The molecule has 0 saturated carbocycles. The van der Waals surface area contributed by atoms with Crippen LogP contribution in [0.4, 0.5) is 5.69 Å². The molecule has 0 radical (unpaired) electrons. The van der Waals surface area contributed by atoms with Crippen molar-refractivity contribution in [2.75, 3.05) is 37.9 Å². The lowest BCUT2D eigenvalue weighted by Crippen LogP contribution is -2.42. The number of carbonyl (C=O) groups is 1. The Morgan fingerprint density at radius 1 is 1.11 bits per heavy atom. The molecule has 0 unspecified atom stereocenters. The van der Waals surface area contributed by atoms with Crippen LogP contribution in [-0.2, 0) is 19.4 Å². The molecule has 2 aromatic carbocycles. The van der Waals surface area contributed by atoms with Crippen LogP contribution < -0.4 is 5.32 Å². The van der Waals surface area contributed by atoms with E-state index in [2.05, 4.69) is 5.32 Å². The highest BCUT2D eigenvalue weighted by Crippen LogP contribution is 2.40. The zero-order valence-electron chi connectivity index (χ0n) is 15.3. The average molecular weight is 417 g/mol. The number of anilines is 1. The Kier molecular flexibility index (Phi) is 5.18. The number of nitrogens with one attached hydrogen (secondary N) is 1. The summed E-state index contributed by atoms with van der Waals surface area (Å²) >= 11 is 1.59. The second-order valence-corrected chi connectivity index (χ2v) is 9.20. The summed E-state index contributed by atoms with van der Waals surface area (Å²) in [5.41, 5.74) is 1.60. The van der Waals surface area contributed by atoms with Gasteiger partial charge in [-0.15, -0.1) is 11.8 Å². The Bertz CT molecular complexity index is 1060. The maximum absolute atomic E-state index is 13.2. The molecule has 8 heteroatoms. The summed E-state index contributed by atoms with van der Waals surface area (Å²) in [5, 5.41) is 3.21.